The van der Waals surface area contributed by atoms with Crippen LogP contribution in [0.3, 0.4) is 0 Å². The summed E-state index contributed by atoms with van der Waals surface area (Å²) < 4.78 is 11.6. The number of rotatable bonds is 5. The summed E-state index contributed by atoms with van der Waals surface area (Å²) in [5, 5.41) is 9.93. The SMILES string of the molecule is COc1cc(C2SC(C)C(=O)Nc3n[nH]c(C)c32)ccc1OCc1ccccc1. The Balaban J connectivity index is 1.64. The molecule has 2 aromatic carbocycles. The third kappa shape index (κ3) is 3.96. The zero-order valence-electron chi connectivity index (χ0n) is 16.6. The first-order valence-electron chi connectivity index (χ1n) is 9.42. The topological polar surface area (TPSA) is 76.2 Å². The Bertz CT molecular complexity index is 1020. The number of aryl methyl sites for hydroxylation is 1. The van der Waals surface area contributed by atoms with Crippen LogP contribution in [0.25, 0.3) is 0 Å². The molecule has 0 spiro atoms. The lowest BCUT2D eigenvalue weighted by Crippen LogP contribution is -2.21. The van der Waals surface area contributed by atoms with Crippen molar-refractivity contribution in [2.24, 2.45) is 0 Å². The molecule has 1 aliphatic heterocycles. The predicted octanol–water partition coefficient (Wildman–Crippen LogP) is 4.47. The van der Waals surface area contributed by atoms with E-state index in [1.807, 2.05) is 62.4 Å². The number of methoxy groups -OCH3 is 1. The number of ether oxygens (including phenoxy) is 2. The molecular weight excluding hydrogens is 386 g/mol. The van der Waals surface area contributed by atoms with Crippen LogP contribution in [0.1, 0.15) is 34.6 Å². The molecule has 2 heterocycles. The maximum atomic E-state index is 12.3. The monoisotopic (exact) mass is 409 g/mol. The lowest BCUT2D eigenvalue weighted by Gasteiger charge is -2.19. The van der Waals surface area contributed by atoms with E-state index in [2.05, 4.69) is 15.5 Å². The van der Waals surface area contributed by atoms with Crippen molar-refractivity contribution in [2.45, 2.75) is 31.0 Å². The number of thioether (sulfide) groups is 1. The van der Waals surface area contributed by atoms with Gasteiger partial charge in [-0.3, -0.25) is 9.89 Å². The van der Waals surface area contributed by atoms with Gasteiger partial charge in [0.2, 0.25) is 5.91 Å². The molecule has 1 aromatic heterocycles. The van der Waals surface area contributed by atoms with Gasteiger partial charge in [-0.25, -0.2) is 0 Å². The van der Waals surface area contributed by atoms with E-state index >= 15 is 0 Å². The highest BCUT2D eigenvalue weighted by Crippen LogP contribution is 2.46. The average molecular weight is 410 g/mol. The molecule has 29 heavy (non-hydrogen) atoms. The van der Waals surface area contributed by atoms with Gasteiger partial charge in [0.1, 0.15) is 6.61 Å². The number of carbonyl (C=O) groups excluding carboxylic acids is 1. The van der Waals surface area contributed by atoms with Crippen LogP contribution in [0.4, 0.5) is 5.82 Å². The second-order valence-electron chi connectivity index (χ2n) is 6.94. The summed E-state index contributed by atoms with van der Waals surface area (Å²) in [7, 11) is 1.64. The Morgan fingerprint density at radius 1 is 1.14 bits per heavy atom. The molecule has 2 unspecified atom stereocenters. The van der Waals surface area contributed by atoms with Gasteiger partial charge in [-0.15, -0.1) is 11.8 Å². The van der Waals surface area contributed by atoms with E-state index in [0.29, 0.717) is 23.9 Å². The minimum Gasteiger partial charge on any atom is -0.493 e. The number of aromatic nitrogens is 2. The number of fused-ring (bicyclic) bond motifs is 1. The third-order valence-electron chi connectivity index (χ3n) is 4.94. The standard InChI is InChI=1S/C22H23N3O3S/c1-13-19-20(29-14(2)22(26)23-21(19)25-24-13)16-9-10-17(18(11-16)27-3)28-12-15-7-5-4-6-8-15/h4-11,14,20H,12H2,1-3H3,(H2,23,24,25,26). The van der Waals surface area contributed by atoms with Gasteiger partial charge in [0.15, 0.2) is 17.3 Å². The summed E-state index contributed by atoms with van der Waals surface area (Å²) >= 11 is 1.60. The zero-order valence-corrected chi connectivity index (χ0v) is 17.4. The van der Waals surface area contributed by atoms with E-state index in [1.165, 1.54) is 0 Å². The Labute approximate surface area is 174 Å². The average Bonchev–Trinajstić information content (AvgIpc) is 3.04. The fraction of sp³-hybridized carbons (Fsp3) is 0.273. The maximum Gasteiger partial charge on any atom is 0.238 e. The number of hydrogen-bond donors (Lipinski definition) is 2. The Morgan fingerprint density at radius 3 is 2.69 bits per heavy atom. The molecule has 0 bridgehead atoms. The van der Waals surface area contributed by atoms with Gasteiger partial charge in [-0.2, -0.15) is 5.10 Å². The van der Waals surface area contributed by atoms with Crippen molar-refractivity contribution >= 4 is 23.5 Å². The van der Waals surface area contributed by atoms with Crippen LogP contribution in [0.5, 0.6) is 11.5 Å². The number of hydrogen-bond acceptors (Lipinski definition) is 5. The second-order valence-corrected chi connectivity index (χ2v) is 8.39. The van der Waals surface area contributed by atoms with Crippen LogP contribution in [0, 0.1) is 6.92 Å². The van der Waals surface area contributed by atoms with E-state index in [1.54, 1.807) is 18.9 Å². The Kier molecular flexibility index (Phi) is 5.49. The van der Waals surface area contributed by atoms with Crippen LogP contribution in [-0.2, 0) is 11.4 Å². The van der Waals surface area contributed by atoms with Gasteiger partial charge in [-0.05, 0) is 37.1 Å². The van der Waals surface area contributed by atoms with Crippen molar-refractivity contribution in [1.82, 2.24) is 10.2 Å². The highest BCUT2D eigenvalue weighted by molar-refractivity contribution is 8.01. The predicted molar refractivity (Wildman–Crippen MR) is 115 cm³/mol. The molecule has 7 heteroatoms. The highest BCUT2D eigenvalue weighted by Gasteiger charge is 2.32. The number of nitrogens with zero attached hydrogens (tertiary/aromatic N) is 1. The lowest BCUT2D eigenvalue weighted by molar-refractivity contribution is -0.115. The highest BCUT2D eigenvalue weighted by atomic mass is 32.2. The molecule has 0 fully saturated rings. The minimum atomic E-state index is -0.200. The molecule has 2 atom stereocenters. The number of aromatic amines is 1. The molecule has 0 radical (unpaired) electrons. The third-order valence-corrected chi connectivity index (χ3v) is 6.34. The van der Waals surface area contributed by atoms with Crippen molar-refractivity contribution in [3.05, 3.63) is 70.9 Å². The van der Waals surface area contributed by atoms with Crippen molar-refractivity contribution in [1.29, 1.82) is 0 Å². The van der Waals surface area contributed by atoms with Crippen molar-refractivity contribution in [2.75, 3.05) is 12.4 Å². The largest absolute Gasteiger partial charge is 0.493 e. The smallest absolute Gasteiger partial charge is 0.238 e. The van der Waals surface area contributed by atoms with Crippen LogP contribution in [-0.4, -0.2) is 28.5 Å². The first-order chi connectivity index (χ1) is 14.1. The summed E-state index contributed by atoms with van der Waals surface area (Å²) in [6.45, 7) is 4.35. The molecule has 2 N–H and O–H groups in total. The summed E-state index contributed by atoms with van der Waals surface area (Å²) in [6, 6.07) is 16.0. The van der Waals surface area contributed by atoms with Gasteiger partial charge in [0.05, 0.1) is 17.6 Å². The number of anilines is 1. The van der Waals surface area contributed by atoms with Crippen LogP contribution in [0.2, 0.25) is 0 Å². The number of H-pyrrole nitrogens is 1. The van der Waals surface area contributed by atoms with Crippen LogP contribution < -0.4 is 14.8 Å². The van der Waals surface area contributed by atoms with Gasteiger partial charge >= 0.3 is 0 Å². The summed E-state index contributed by atoms with van der Waals surface area (Å²) in [5.41, 5.74) is 4.06. The van der Waals surface area contributed by atoms with E-state index in [-0.39, 0.29) is 16.4 Å². The van der Waals surface area contributed by atoms with E-state index in [9.17, 15) is 4.79 Å². The van der Waals surface area contributed by atoms with Gasteiger partial charge in [0, 0.05) is 11.3 Å². The molecule has 3 aromatic rings. The quantitative estimate of drug-likeness (QED) is 0.650. The molecule has 0 aliphatic carbocycles. The van der Waals surface area contributed by atoms with Crippen molar-refractivity contribution in [3.8, 4) is 11.5 Å². The van der Waals surface area contributed by atoms with Gasteiger partial charge < -0.3 is 14.8 Å². The van der Waals surface area contributed by atoms with Crippen LogP contribution >= 0.6 is 11.8 Å². The first kappa shape index (κ1) is 19.4. The zero-order chi connectivity index (χ0) is 20.4. The molecule has 1 aliphatic rings. The van der Waals surface area contributed by atoms with Gasteiger partial charge in [-0.1, -0.05) is 36.4 Å². The molecule has 1 amide bonds. The maximum absolute atomic E-state index is 12.3. The lowest BCUT2D eigenvalue weighted by atomic mass is 10.0. The normalized spacial score (nSPS) is 18.5. The fourth-order valence-corrected chi connectivity index (χ4v) is 4.67. The number of nitrogens with one attached hydrogen (secondary N) is 2. The summed E-state index contributed by atoms with van der Waals surface area (Å²) in [4.78, 5) is 12.3. The summed E-state index contributed by atoms with van der Waals surface area (Å²) in [6.07, 6.45) is 0. The molecule has 6 nitrogen and oxygen atoms in total. The molecular formula is C22H23N3O3S. The molecule has 0 saturated heterocycles. The Hall–Kier alpha value is -2.93. The van der Waals surface area contributed by atoms with Crippen LogP contribution in [0.15, 0.2) is 48.5 Å². The fourth-order valence-electron chi connectivity index (χ4n) is 3.35. The number of benzene rings is 2. The van der Waals surface area contributed by atoms with Crippen molar-refractivity contribution in [3.63, 3.8) is 0 Å². The second kappa shape index (κ2) is 8.21. The van der Waals surface area contributed by atoms with E-state index in [4.69, 9.17) is 9.47 Å². The first-order valence-corrected chi connectivity index (χ1v) is 10.4. The summed E-state index contributed by atoms with van der Waals surface area (Å²) in [5.74, 6) is 1.90. The molecule has 0 saturated carbocycles. The van der Waals surface area contributed by atoms with E-state index in [0.717, 1.165) is 22.4 Å². The van der Waals surface area contributed by atoms with Crippen molar-refractivity contribution < 1.29 is 14.3 Å². The van der Waals surface area contributed by atoms with Gasteiger partial charge in [0.25, 0.3) is 0 Å². The molecule has 150 valence electrons. The Morgan fingerprint density at radius 2 is 1.93 bits per heavy atom. The molecule has 4 rings (SSSR count). The number of amides is 1. The minimum absolute atomic E-state index is 0.0416. The van der Waals surface area contributed by atoms with E-state index < -0.39 is 0 Å². The number of carbonyl (C=O) groups is 1.